The molecule has 3 aromatic rings. The summed E-state index contributed by atoms with van der Waals surface area (Å²) in [5.74, 6) is 1.18. The van der Waals surface area contributed by atoms with Gasteiger partial charge in [0.2, 0.25) is 5.91 Å². The first-order valence-corrected chi connectivity index (χ1v) is 11.4. The van der Waals surface area contributed by atoms with E-state index in [9.17, 15) is 4.79 Å². The van der Waals surface area contributed by atoms with E-state index in [1.54, 1.807) is 26.4 Å². The highest BCUT2D eigenvalue weighted by molar-refractivity contribution is 6.03. The number of carbonyl (C=O) groups is 1. The van der Waals surface area contributed by atoms with Crippen LogP contribution in [0.25, 0.3) is 11.0 Å². The fourth-order valence-electron chi connectivity index (χ4n) is 6.00. The average Bonchev–Trinajstić information content (AvgIpc) is 3.08. The number of carbonyl (C=O) groups excluding carboxylic acids is 1. The number of rotatable bonds is 4. The van der Waals surface area contributed by atoms with Gasteiger partial charge in [0.15, 0.2) is 0 Å². The largest absolute Gasteiger partial charge is 0.497 e. The molecule has 2 aliphatic carbocycles. The number of nitrogens with zero attached hydrogens (tertiary/aromatic N) is 2. The quantitative estimate of drug-likeness (QED) is 0.595. The van der Waals surface area contributed by atoms with Crippen LogP contribution in [0.5, 0.6) is 11.5 Å². The lowest BCUT2D eigenvalue weighted by molar-refractivity contribution is -0.125. The minimum absolute atomic E-state index is 0.0704. The second-order valence-corrected chi connectivity index (χ2v) is 10.2. The molecule has 1 fully saturated rings. The molecule has 1 amide bonds. The molecule has 0 spiro atoms. The predicted octanol–water partition coefficient (Wildman–Crippen LogP) is 5.23. The van der Waals surface area contributed by atoms with Crippen molar-refractivity contribution in [3.05, 3.63) is 52.8 Å². The Morgan fingerprint density at radius 3 is 2.15 bits per heavy atom. The third-order valence-electron chi connectivity index (χ3n) is 8.70. The zero-order chi connectivity index (χ0) is 23.8. The Morgan fingerprint density at radius 1 is 0.909 bits per heavy atom. The van der Waals surface area contributed by atoms with Crippen molar-refractivity contribution in [2.45, 2.75) is 58.3 Å². The number of methoxy groups -OCH3 is 2. The Morgan fingerprint density at radius 2 is 1.55 bits per heavy atom. The van der Waals surface area contributed by atoms with Gasteiger partial charge in [0.05, 0.1) is 47.7 Å². The molecular formula is C27H31N3O3. The molecule has 1 heterocycles. The van der Waals surface area contributed by atoms with Gasteiger partial charge in [0.1, 0.15) is 11.5 Å². The third-order valence-corrected chi connectivity index (χ3v) is 8.70. The molecule has 2 aliphatic rings. The van der Waals surface area contributed by atoms with Gasteiger partial charge in [-0.05, 0) is 67.5 Å². The summed E-state index contributed by atoms with van der Waals surface area (Å²) in [7, 11) is 3.20. The van der Waals surface area contributed by atoms with E-state index in [4.69, 9.17) is 19.4 Å². The second kappa shape index (κ2) is 6.92. The number of aromatic nitrogens is 2. The van der Waals surface area contributed by atoms with E-state index >= 15 is 0 Å². The van der Waals surface area contributed by atoms with Crippen molar-refractivity contribution >= 4 is 22.6 Å². The SMILES string of the molecule is COc1ccc(OC)c(NC(=O)C23CCC(C)(c4nc5cc(C)c(C)cc5nc42)C3(C)C)c1. The highest BCUT2D eigenvalue weighted by Crippen LogP contribution is 2.70. The van der Waals surface area contributed by atoms with Gasteiger partial charge in [0.25, 0.3) is 0 Å². The van der Waals surface area contributed by atoms with Gasteiger partial charge in [-0.3, -0.25) is 4.79 Å². The molecule has 2 unspecified atom stereocenters. The summed E-state index contributed by atoms with van der Waals surface area (Å²) in [6.07, 6.45) is 1.62. The minimum Gasteiger partial charge on any atom is -0.497 e. The topological polar surface area (TPSA) is 73.3 Å². The standard InChI is InChI=1S/C27H31N3O3/c1-15-12-18-19(13-16(15)2)29-23-22(28-18)26(5)10-11-27(23,25(26,3)4)24(31)30-20-14-17(32-6)8-9-21(20)33-7/h8-9,12-14H,10-11H2,1-7H3,(H,30,31). The molecule has 0 aliphatic heterocycles. The van der Waals surface area contributed by atoms with Crippen LogP contribution < -0.4 is 14.8 Å². The van der Waals surface area contributed by atoms with Crippen molar-refractivity contribution in [1.82, 2.24) is 9.97 Å². The maximum absolute atomic E-state index is 14.2. The van der Waals surface area contributed by atoms with E-state index in [1.165, 1.54) is 11.1 Å². The number of nitrogens with one attached hydrogen (secondary N) is 1. The lowest BCUT2D eigenvalue weighted by Gasteiger charge is -2.39. The maximum Gasteiger partial charge on any atom is 0.237 e. The highest BCUT2D eigenvalue weighted by atomic mass is 16.5. The summed E-state index contributed by atoms with van der Waals surface area (Å²) in [6.45, 7) is 10.8. The molecule has 1 N–H and O–H groups in total. The van der Waals surface area contributed by atoms with Crippen molar-refractivity contribution in [1.29, 1.82) is 0 Å². The monoisotopic (exact) mass is 445 g/mol. The molecular weight excluding hydrogens is 414 g/mol. The number of anilines is 1. The van der Waals surface area contributed by atoms with Crippen molar-refractivity contribution in [3.63, 3.8) is 0 Å². The smallest absolute Gasteiger partial charge is 0.237 e. The molecule has 1 aromatic heterocycles. The number of benzene rings is 2. The van der Waals surface area contributed by atoms with Gasteiger partial charge in [-0.25, -0.2) is 9.97 Å². The van der Waals surface area contributed by atoms with Gasteiger partial charge in [-0.2, -0.15) is 0 Å². The highest BCUT2D eigenvalue weighted by Gasteiger charge is 2.73. The summed E-state index contributed by atoms with van der Waals surface area (Å²) < 4.78 is 10.9. The Balaban J connectivity index is 1.69. The van der Waals surface area contributed by atoms with Crippen LogP contribution in [0, 0.1) is 19.3 Å². The summed E-state index contributed by atoms with van der Waals surface area (Å²) >= 11 is 0. The molecule has 6 nitrogen and oxygen atoms in total. The molecule has 172 valence electrons. The Labute approximate surface area is 194 Å². The molecule has 5 rings (SSSR count). The number of amides is 1. The number of fused-ring (bicyclic) bond motifs is 6. The van der Waals surface area contributed by atoms with Gasteiger partial charge in [-0.15, -0.1) is 0 Å². The van der Waals surface area contributed by atoms with Crippen LogP contribution in [0.4, 0.5) is 5.69 Å². The zero-order valence-electron chi connectivity index (χ0n) is 20.4. The molecule has 0 saturated heterocycles. The van der Waals surface area contributed by atoms with Gasteiger partial charge in [0, 0.05) is 11.5 Å². The third kappa shape index (κ3) is 2.63. The van der Waals surface area contributed by atoms with Crippen LogP contribution in [0.15, 0.2) is 30.3 Å². The minimum atomic E-state index is -0.787. The summed E-state index contributed by atoms with van der Waals surface area (Å²) in [6, 6.07) is 9.60. The summed E-state index contributed by atoms with van der Waals surface area (Å²) in [4.78, 5) is 24.4. The van der Waals surface area contributed by atoms with Crippen LogP contribution in [0.3, 0.4) is 0 Å². The van der Waals surface area contributed by atoms with E-state index in [0.717, 1.165) is 35.3 Å². The fraction of sp³-hybridized carbons (Fsp3) is 0.444. The van der Waals surface area contributed by atoms with Crippen LogP contribution in [-0.4, -0.2) is 30.1 Å². The Kier molecular flexibility index (Phi) is 4.55. The van der Waals surface area contributed by atoms with Crippen LogP contribution in [0.1, 0.15) is 56.1 Å². The zero-order valence-corrected chi connectivity index (χ0v) is 20.4. The van der Waals surface area contributed by atoms with Gasteiger partial charge >= 0.3 is 0 Å². The first-order chi connectivity index (χ1) is 15.6. The number of hydrogen-bond acceptors (Lipinski definition) is 5. The van der Waals surface area contributed by atoms with Crippen molar-refractivity contribution in [2.24, 2.45) is 5.41 Å². The van der Waals surface area contributed by atoms with E-state index in [-0.39, 0.29) is 16.7 Å². The van der Waals surface area contributed by atoms with E-state index in [0.29, 0.717) is 17.2 Å². The molecule has 2 aromatic carbocycles. The van der Waals surface area contributed by atoms with Crippen molar-refractivity contribution in [2.75, 3.05) is 19.5 Å². The predicted molar refractivity (Wildman–Crippen MR) is 129 cm³/mol. The molecule has 6 heteroatoms. The van der Waals surface area contributed by atoms with Crippen molar-refractivity contribution < 1.29 is 14.3 Å². The maximum atomic E-state index is 14.2. The Hall–Kier alpha value is -3.15. The number of aryl methyl sites for hydroxylation is 2. The first-order valence-electron chi connectivity index (χ1n) is 11.4. The number of ether oxygens (including phenoxy) is 2. The first kappa shape index (κ1) is 21.7. The molecule has 2 bridgehead atoms. The summed E-state index contributed by atoms with van der Waals surface area (Å²) in [5, 5.41) is 3.17. The lowest BCUT2D eigenvalue weighted by atomic mass is 9.63. The summed E-state index contributed by atoms with van der Waals surface area (Å²) in [5.41, 5.74) is 5.09. The average molecular weight is 446 g/mol. The van der Waals surface area contributed by atoms with Gasteiger partial charge < -0.3 is 14.8 Å². The normalized spacial score (nSPS) is 24.6. The Bertz CT molecular complexity index is 1320. The van der Waals surface area contributed by atoms with E-state index < -0.39 is 5.41 Å². The van der Waals surface area contributed by atoms with Crippen LogP contribution >= 0.6 is 0 Å². The fourth-order valence-corrected chi connectivity index (χ4v) is 6.00. The van der Waals surface area contributed by atoms with Crippen LogP contribution in [-0.2, 0) is 15.6 Å². The van der Waals surface area contributed by atoms with E-state index in [2.05, 4.69) is 52.1 Å². The molecule has 0 radical (unpaired) electrons. The number of hydrogen-bond donors (Lipinski definition) is 1. The van der Waals surface area contributed by atoms with E-state index in [1.807, 2.05) is 6.07 Å². The van der Waals surface area contributed by atoms with Crippen molar-refractivity contribution in [3.8, 4) is 11.5 Å². The van der Waals surface area contributed by atoms with Crippen LogP contribution in [0.2, 0.25) is 0 Å². The van der Waals surface area contributed by atoms with Gasteiger partial charge in [-0.1, -0.05) is 20.8 Å². The molecule has 1 saturated carbocycles. The molecule has 2 atom stereocenters. The molecule has 33 heavy (non-hydrogen) atoms. The lowest BCUT2D eigenvalue weighted by Crippen LogP contribution is -2.48. The second-order valence-electron chi connectivity index (χ2n) is 10.2.